The third-order valence-corrected chi connectivity index (χ3v) is 2.09. The SMILES string of the molecule is CC1([N+](=O)[O-])C=C([N+](=O)[O-])C=CC1O.[NaH]. The second-order valence-electron chi connectivity index (χ2n) is 3.11. The van der Waals surface area contributed by atoms with Crippen LogP contribution in [-0.4, -0.2) is 56.2 Å². The van der Waals surface area contributed by atoms with Crippen LogP contribution in [0, 0.1) is 20.2 Å². The van der Waals surface area contributed by atoms with Gasteiger partial charge in [-0.1, -0.05) is 0 Å². The van der Waals surface area contributed by atoms with Gasteiger partial charge in [-0.15, -0.1) is 0 Å². The molecule has 2 unspecified atom stereocenters. The summed E-state index contributed by atoms with van der Waals surface area (Å²) in [7, 11) is 0. The number of hydrogen-bond donors (Lipinski definition) is 1. The first-order valence-electron chi connectivity index (χ1n) is 3.76. The molecule has 0 aromatic heterocycles. The van der Waals surface area contributed by atoms with Crippen molar-refractivity contribution in [2.45, 2.75) is 18.6 Å². The summed E-state index contributed by atoms with van der Waals surface area (Å²) >= 11 is 0. The second kappa shape index (κ2) is 4.84. The van der Waals surface area contributed by atoms with Crippen LogP contribution in [0.1, 0.15) is 6.92 Å². The summed E-state index contributed by atoms with van der Waals surface area (Å²) in [4.78, 5) is 19.5. The Morgan fingerprint density at radius 2 is 2.00 bits per heavy atom. The fourth-order valence-electron chi connectivity index (χ4n) is 1.09. The van der Waals surface area contributed by atoms with Crippen LogP contribution >= 0.6 is 0 Å². The zero-order valence-corrected chi connectivity index (χ0v) is 7.28. The molecular formula is C7H9N2NaO5. The van der Waals surface area contributed by atoms with Crippen LogP contribution in [0.25, 0.3) is 0 Å². The van der Waals surface area contributed by atoms with Crippen molar-refractivity contribution in [3.05, 3.63) is 44.2 Å². The molecule has 0 aromatic rings. The van der Waals surface area contributed by atoms with Gasteiger partial charge in [-0.25, -0.2) is 0 Å². The van der Waals surface area contributed by atoms with Crippen molar-refractivity contribution in [2.24, 2.45) is 0 Å². The molecule has 0 spiro atoms. The molecule has 1 rings (SSSR count). The van der Waals surface area contributed by atoms with E-state index in [2.05, 4.69) is 0 Å². The Morgan fingerprint density at radius 3 is 2.40 bits per heavy atom. The Labute approximate surface area is 107 Å². The Balaban J connectivity index is 0.00000196. The number of aliphatic hydroxyl groups excluding tert-OH is 1. The summed E-state index contributed by atoms with van der Waals surface area (Å²) in [5, 5.41) is 30.3. The maximum atomic E-state index is 10.6. The van der Waals surface area contributed by atoms with E-state index in [9.17, 15) is 25.3 Å². The van der Waals surface area contributed by atoms with Gasteiger partial charge in [0.05, 0.1) is 11.0 Å². The van der Waals surface area contributed by atoms with Crippen LogP contribution in [0.5, 0.6) is 0 Å². The molecule has 1 aliphatic rings. The van der Waals surface area contributed by atoms with E-state index in [4.69, 9.17) is 0 Å². The van der Waals surface area contributed by atoms with Crippen LogP contribution in [0.2, 0.25) is 0 Å². The van der Waals surface area contributed by atoms with Crippen molar-refractivity contribution in [3.63, 3.8) is 0 Å². The van der Waals surface area contributed by atoms with Crippen LogP contribution < -0.4 is 0 Å². The average Bonchev–Trinajstić information content (AvgIpc) is 2.09. The Morgan fingerprint density at radius 1 is 1.47 bits per heavy atom. The molecule has 7 nitrogen and oxygen atoms in total. The van der Waals surface area contributed by atoms with E-state index >= 15 is 0 Å². The number of aliphatic hydroxyl groups is 1. The van der Waals surface area contributed by atoms with Gasteiger partial charge in [0.15, 0.2) is 0 Å². The van der Waals surface area contributed by atoms with Gasteiger partial charge >= 0.3 is 29.6 Å². The molecule has 0 bridgehead atoms. The minimum atomic E-state index is -1.82. The Kier molecular flexibility index (Phi) is 4.60. The van der Waals surface area contributed by atoms with Crippen molar-refractivity contribution >= 4 is 29.6 Å². The average molecular weight is 224 g/mol. The third-order valence-electron chi connectivity index (χ3n) is 2.09. The first-order valence-corrected chi connectivity index (χ1v) is 3.76. The summed E-state index contributed by atoms with van der Waals surface area (Å²) in [6.07, 6.45) is 1.59. The quantitative estimate of drug-likeness (QED) is 0.385. The van der Waals surface area contributed by atoms with Crippen LogP contribution in [0.4, 0.5) is 0 Å². The molecule has 0 fully saturated rings. The topological polar surface area (TPSA) is 107 Å². The molecule has 1 N–H and O–H groups in total. The van der Waals surface area contributed by atoms with Gasteiger partial charge in [-0.3, -0.25) is 20.2 Å². The van der Waals surface area contributed by atoms with Crippen molar-refractivity contribution in [1.29, 1.82) is 0 Å². The summed E-state index contributed by atoms with van der Waals surface area (Å²) in [5.74, 6) is 0. The van der Waals surface area contributed by atoms with E-state index in [1.165, 1.54) is 0 Å². The number of nitro groups is 2. The monoisotopic (exact) mass is 224 g/mol. The summed E-state index contributed by atoms with van der Waals surface area (Å²) in [6, 6.07) is 0. The van der Waals surface area contributed by atoms with Gasteiger partial charge in [-0.05, 0) is 6.08 Å². The van der Waals surface area contributed by atoms with E-state index < -0.39 is 21.5 Å². The molecule has 0 saturated heterocycles. The van der Waals surface area contributed by atoms with E-state index in [-0.39, 0.29) is 35.3 Å². The molecule has 8 heteroatoms. The summed E-state index contributed by atoms with van der Waals surface area (Å²) < 4.78 is 0. The van der Waals surface area contributed by atoms with E-state index in [0.29, 0.717) is 0 Å². The molecule has 0 saturated carbocycles. The number of allylic oxidation sites excluding steroid dienone is 1. The zero-order valence-electron chi connectivity index (χ0n) is 7.28. The van der Waals surface area contributed by atoms with E-state index in [0.717, 1.165) is 25.2 Å². The van der Waals surface area contributed by atoms with Crippen molar-refractivity contribution in [2.75, 3.05) is 0 Å². The molecule has 1 aliphatic carbocycles. The van der Waals surface area contributed by atoms with Gasteiger partial charge in [-0.2, -0.15) is 0 Å². The fourth-order valence-corrected chi connectivity index (χ4v) is 1.09. The van der Waals surface area contributed by atoms with Crippen LogP contribution in [-0.2, 0) is 0 Å². The molecule has 0 radical (unpaired) electrons. The Bertz CT molecular complexity index is 353. The van der Waals surface area contributed by atoms with Crippen molar-refractivity contribution in [1.82, 2.24) is 0 Å². The first kappa shape index (κ1) is 14.2. The molecule has 78 valence electrons. The number of nitrogens with zero attached hydrogens (tertiary/aromatic N) is 2. The van der Waals surface area contributed by atoms with Gasteiger partial charge in [0.25, 0.3) is 11.2 Å². The zero-order chi connectivity index (χ0) is 10.9. The van der Waals surface area contributed by atoms with Gasteiger partial charge in [0.2, 0.25) is 0 Å². The standard InChI is InChI=1S/C7H8N2O5.Na.H/c1-7(9(13)14)4-5(8(11)12)2-3-6(7)10;;/h2-4,6,10H,1H3;;. The Hall–Kier alpha value is -0.760. The number of rotatable bonds is 2. The second-order valence-corrected chi connectivity index (χ2v) is 3.11. The molecule has 15 heavy (non-hydrogen) atoms. The predicted octanol–water partition coefficient (Wildman–Crippen LogP) is -0.535. The van der Waals surface area contributed by atoms with E-state index in [1.807, 2.05) is 0 Å². The van der Waals surface area contributed by atoms with Gasteiger partial charge < -0.3 is 5.11 Å². The number of hydrogen-bond acceptors (Lipinski definition) is 5. The van der Waals surface area contributed by atoms with Crippen LogP contribution in [0.3, 0.4) is 0 Å². The first-order chi connectivity index (χ1) is 6.38. The van der Waals surface area contributed by atoms with Crippen molar-refractivity contribution in [3.8, 4) is 0 Å². The third kappa shape index (κ3) is 2.63. The maximum absolute atomic E-state index is 10.6. The molecule has 2 atom stereocenters. The molecule has 0 heterocycles. The molecule has 0 amide bonds. The predicted molar refractivity (Wildman–Crippen MR) is 52.8 cm³/mol. The molecular weight excluding hydrogens is 215 g/mol. The van der Waals surface area contributed by atoms with Gasteiger partial charge in [0, 0.05) is 17.9 Å². The van der Waals surface area contributed by atoms with E-state index in [1.54, 1.807) is 0 Å². The molecule has 0 aliphatic heterocycles. The molecule has 0 aromatic carbocycles. The fraction of sp³-hybridized carbons (Fsp3) is 0.429. The van der Waals surface area contributed by atoms with Crippen LogP contribution in [0.15, 0.2) is 23.9 Å². The normalized spacial score (nSPS) is 28.9. The summed E-state index contributed by atoms with van der Waals surface area (Å²) in [6.45, 7) is 1.13. The minimum absolute atomic E-state index is 0. The summed E-state index contributed by atoms with van der Waals surface area (Å²) in [5.41, 5.74) is -2.20. The van der Waals surface area contributed by atoms with Gasteiger partial charge in [0.1, 0.15) is 6.10 Å². The van der Waals surface area contributed by atoms with Crippen molar-refractivity contribution < 1.29 is 15.0 Å².